The zero-order chi connectivity index (χ0) is 13.8. The number of aryl methyl sites for hydroxylation is 1. The smallest absolute Gasteiger partial charge is 0.314 e. The minimum atomic E-state index is -0.466. The fraction of sp³-hybridized carbons (Fsp3) is 0.143. The van der Waals surface area contributed by atoms with Crippen LogP contribution >= 0.6 is 0 Å². The van der Waals surface area contributed by atoms with Crippen LogP contribution in [0.3, 0.4) is 0 Å². The van der Waals surface area contributed by atoms with Crippen molar-refractivity contribution >= 4 is 5.69 Å². The highest BCUT2D eigenvalue weighted by molar-refractivity contribution is 5.54. The number of nitro benzene ring substituents is 1. The number of para-hydroxylation sites is 2. The van der Waals surface area contributed by atoms with Crippen LogP contribution in [0.5, 0.6) is 11.5 Å². The maximum Gasteiger partial charge on any atom is 0.314 e. The quantitative estimate of drug-likeness (QED) is 0.676. The molecular formula is C14H13NO4. The highest BCUT2D eigenvalue weighted by Gasteiger charge is 2.19. The van der Waals surface area contributed by atoms with E-state index < -0.39 is 4.92 Å². The van der Waals surface area contributed by atoms with E-state index in [1.54, 1.807) is 49.4 Å². The first-order valence-corrected chi connectivity index (χ1v) is 5.74. The molecule has 0 amide bonds. The van der Waals surface area contributed by atoms with Crippen LogP contribution in [0.2, 0.25) is 0 Å². The van der Waals surface area contributed by atoms with Gasteiger partial charge in [-0.1, -0.05) is 30.3 Å². The van der Waals surface area contributed by atoms with Gasteiger partial charge in [-0.15, -0.1) is 0 Å². The second kappa shape index (κ2) is 5.49. The predicted molar refractivity (Wildman–Crippen MR) is 70.3 cm³/mol. The van der Waals surface area contributed by atoms with Crippen molar-refractivity contribution in [3.8, 4) is 11.5 Å². The number of benzene rings is 2. The van der Waals surface area contributed by atoms with Gasteiger partial charge in [-0.25, -0.2) is 0 Å². The van der Waals surface area contributed by atoms with Gasteiger partial charge in [-0.3, -0.25) is 10.1 Å². The van der Waals surface area contributed by atoms with Crippen molar-refractivity contribution in [1.82, 2.24) is 0 Å². The normalized spacial score (nSPS) is 10.2. The number of ether oxygens (including phenoxy) is 1. The van der Waals surface area contributed by atoms with E-state index >= 15 is 0 Å². The molecule has 0 bridgehead atoms. The molecule has 0 saturated carbocycles. The van der Waals surface area contributed by atoms with Crippen molar-refractivity contribution in [2.24, 2.45) is 0 Å². The van der Waals surface area contributed by atoms with E-state index in [2.05, 4.69) is 0 Å². The van der Waals surface area contributed by atoms with Crippen LogP contribution in [0.15, 0.2) is 42.5 Å². The Morgan fingerprint density at radius 1 is 1.16 bits per heavy atom. The predicted octanol–water partition coefficient (Wildman–Crippen LogP) is 3.19. The average molecular weight is 259 g/mol. The van der Waals surface area contributed by atoms with Crippen molar-refractivity contribution in [3.63, 3.8) is 0 Å². The Morgan fingerprint density at radius 3 is 2.53 bits per heavy atom. The molecule has 0 saturated heterocycles. The van der Waals surface area contributed by atoms with Crippen molar-refractivity contribution in [3.05, 3.63) is 63.7 Å². The molecule has 2 rings (SSSR count). The lowest BCUT2D eigenvalue weighted by Gasteiger charge is -2.10. The minimum absolute atomic E-state index is 0.0600. The van der Waals surface area contributed by atoms with E-state index in [0.717, 1.165) is 0 Å². The average Bonchev–Trinajstić information content (AvgIpc) is 2.39. The first-order valence-electron chi connectivity index (χ1n) is 5.74. The highest BCUT2D eigenvalue weighted by atomic mass is 16.6. The highest BCUT2D eigenvalue weighted by Crippen LogP contribution is 2.34. The van der Waals surface area contributed by atoms with Gasteiger partial charge in [0.2, 0.25) is 5.75 Å². The summed E-state index contributed by atoms with van der Waals surface area (Å²) in [7, 11) is 0. The molecule has 0 spiro atoms. The number of nitro groups is 1. The molecule has 0 unspecified atom stereocenters. The summed E-state index contributed by atoms with van der Waals surface area (Å²) in [4.78, 5) is 10.6. The van der Waals surface area contributed by atoms with Crippen LogP contribution < -0.4 is 4.74 Å². The van der Waals surface area contributed by atoms with E-state index in [1.807, 2.05) is 0 Å². The second-order valence-electron chi connectivity index (χ2n) is 4.05. The summed E-state index contributed by atoms with van der Waals surface area (Å²) in [5.41, 5.74) is 1.05. The third-order valence-corrected chi connectivity index (χ3v) is 2.75. The third kappa shape index (κ3) is 2.71. The lowest BCUT2D eigenvalue weighted by molar-refractivity contribution is -0.386. The van der Waals surface area contributed by atoms with Crippen molar-refractivity contribution in [1.29, 1.82) is 0 Å². The standard InChI is InChI=1S/C14H13NO4/c1-10-5-4-8-13(14(10)15(17)18)19-12-7-3-2-6-11(12)9-16/h2-8,16H,9H2,1H3. The molecule has 2 aromatic rings. The number of hydrogen-bond donors (Lipinski definition) is 1. The van der Waals surface area contributed by atoms with Gasteiger partial charge in [0, 0.05) is 11.1 Å². The number of aliphatic hydroxyl groups excluding tert-OH is 1. The van der Waals surface area contributed by atoms with Crippen molar-refractivity contribution < 1.29 is 14.8 Å². The van der Waals surface area contributed by atoms with Crippen molar-refractivity contribution in [2.75, 3.05) is 0 Å². The van der Waals surface area contributed by atoms with Gasteiger partial charge in [0.1, 0.15) is 5.75 Å². The summed E-state index contributed by atoms with van der Waals surface area (Å²) in [5.74, 6) is 0.588. The maximum absolute atomic E-state index is 11.1. The largest absolute Gasteiger partial charge is 0.450 e. The topological polar surface area (TPSA) is 72.6 Å². The third-order valence-electron chi connectivity index (χ3n) is 2.75. The maximum atomic E-state index is 11.1. The SMILES string of the molecule is Cc1cccc(Oc2ccccc2CO)c1[N+](=O)[O-]. The Morgan fingerprint density at radius 2 is 1.84 bits per heavy atom. The lowest BCUT2D eigenvalue weighted by Crippen LogP contribution is -1.97. The van der Waals surface area contributed by atoms with Crippen LogP contribution in [0, 0.1) is 17.0 Å². The fourth-order valence-electron chi connectivity index (χ4n) is 1.80. The minimum Gasteiger partial charge on any atom is -0.450 e. The Balaban J connectivity index is 2.44. The Hall–Kier alpha value is -2.40. The number of aliphatic hydroxyl groups is 1. The Kier molecular flexibility index (Phi) is 3.77. The summed E-state index contributed by atoms with van der Waals surface area (Å²) in [6.45, 7) is 1.47. The Bertz CT molecular complexity index is 610. The summed E-state index contributed by atoms with van der Waals surface area (Å²) in [5, 5.41) is 20.3. The summed E-state index contributed by atoms with van der Waals surface area (Å²) < 4.78 is 5.57. The van der Waals surface area contributed by atoms with E-state index in [1.165, 1.54) is 0 Å². The van der Waals surface area contributed by atoms with Crippen LogP contribution in [-0.4, -0.2) is 10.0 Å². The molecule has 0 aromatic heterocycles. The molecule has 5 heteroatoms. The van der Waals surface area contributed by atoms with Crippen LogP contribution in [0.4, 0.5) is 5.69 Å². The molecule has 98 valence electrons. The van der Waals surface area contributed by atoms with E-state index in [9.17, 15) is 15.2 Å². The van der Waals surface area contributed by atoms with Gasteiger partial charge in [-0.2, -0.15) is 0 Å². The van der Waals surface area contributed by atoms with Gasteiger partial charge >= 0.3 is 5.69 Å². The van der Waals surface area contributed by atoms with Gasteiger partial charge in [0.15, 0.2) is 0 Å². The fourth-order valence-corrected chi connectivity index (χ4v) is 1.80. The molecule has 0 atom stereocenters. The van der Waals surface area contributed by atoms with Gasteiger partial charge in [0.25, 0.3) is 0 Å². The van der Waals surface area contributed by atoms with E-state index in [-0.39, 0.29) is 18.0 Å². The summed E-state index contributed by atoms with van der Waals surface area (Å²) in [6, 6.07) is 11.8. The van der Waals surface area contributed by atoms with Crippen LogP contribution in [0.1, 0.15) is 11.1 Å². The monoisotopic (exact) mass is 259 g/mol. The first-order chi connectivity index (χ1) is 9.13. The summed E-state index contributed by atoms with van der Waals surface area (Å²) >= 11 is 0. The van der Waals surface area contributed by atoms with E-state index in [0.29, 0.717) is 16.9 Å². The zero-order valence-corrected chi connectivity index (χ0v) is 10.4. The Labute approximate surface area is 110 Å². The molecular weight excluding hydrogens is 246 g/mol. The summed E-state index contributed by atoms with van der Waals surface area (Å²) in [6.07, 6.45) is 0. The van der Waals surface area contributed by atoms with Gasteiger partial charge in [-0.05, 0) is 19.1 Å². The second-order valence-corrected chi connectivity index (χ2v) is 4.05. The number of hydrogen-bond acceptors (Lipinski definition) is 4. The zero-order valence-electron chi connectivity index (χ0n) is 10.4. The first kappa shape index (κ1) is 13.0. The number of nitrogens with zero attached hydrogens (tertiary/aromatic N) is 1. The number of rotatable bonds is 4. The van der Waals surface area contributed by atoms with Crippen LogP contribution in [0.25, 0.3) is 0 Å². The molecule has 0 aliphatic carbocycles. The molecule has 0 aliphatic heterocycles. The van der Waals surface area contributed by atoms with Gasteiger partial charge in [0.05, 0.1) is 11.5 Å². The molecule has 0 fully saturated rings. The molecule has 1 N–H and O–H groups in total. The molecule has 19 heavy (non-hydrogen) atoms. The molecule has 2 aromatic carbocycles. The van der Waals surface area contributed by atoms with E-state index in [4.69, 9.17) is 4.74 Å². The molecule has 0 radical (unpaired) electrons. The molecule has 5 nitrogen and oxygen atoms in total. The van der Waals surface area contributed by atoms with Crippen LogP contribution in [-0.2, 0) is 6.61 Å². The molecule has 0 heterocycles. The lowest BCUT2D eigenvalue weighted by atomic mass is 10.2. The van der Waals surface area contributed by atoms with Gasteiger partial charge < -0.3 is 9.84 Å². The van der Waals surface area contributed by atoms with Crippen molar-refractivity contribution in [2.45, 2.75) is 13.5 Å². The molecule has 0 aliphatic rings.